The molecule has 0 heterocycles. The number of nitro groups is 1. The van der Waals surface area contributed by atoms with E-state index in [2.05, 4.69) is 10.6 Å². The third-order valence-electron chi connectivity index (χ3n) is 3.72. The molecule has 0 saturated carbocycles. The van der Waals surface area contributed by atoms with E-state index in [0.717, 1.165) is 12.0 Å². The van der Waals surface area contributed by atoms with Gasteiger partial charge in [0.15, 0.2) is 0 Å². The molecular weight excluding hydrogens is 322 g/mol. The Morgan fingerprint density at radius 3 is 2.52 bits per heavy atom. The molecule has 0 aliphatic heterocycles. The molecule has 0 saturated heterocycles. The molecule has 2 N–H and O–H groups in total. The third kappa shape index (κ3) is 7.51. The summed E-state index contributed by atoms with van der Waals surface area (Å²) in [6.07, 6.45) is 0.291. The lowest BCUT2D eigenvalue weighted by atomic mass is 10.0. The van der Waals surface area contributed by atoms with Crippen LogP contribution >= 0.6 is 0 Å². The van der Waals surface area contributed by atoms with Crippen molar-refractivity contribution in [3.05, 3.63) is 39.4 Å². The molecule has 140 valence electrons. The first-order valence-corrected chi connectivity index (χ1v) is 8.47. The molecule has 0 bridgehead atoms. The lowest BCUT2D eigenvalue weighted by molar-refractivity contribution is -0.385. The Morgan fingerprint density at radius 1 is 1.32 bits per heavy atom. The molecule has 0 spiro atoms. The Bertz CT molecular complexity index is 611. The van der Waals surface area contributed by atoms with Crippen molar-refractivity contribution in [2.45, 2.75) is 65.6 Å². The molecule has 0 fully saturated rings. The van der Waals surface area contributed by atoms with Crippen LogP contribution in [0.2, 0.25) is 0 Å². The largest absolute Gasteiger partial charge is 0.444 e. The first-order chi connectivity index (χ1) is 11.5. The van der Waals surface area contributed by atoms with Crippen LogP contribution in [0.4, 0.5) is 10.5 Å². The molecule has 2 atom stereocenters. The number of rotatable bonds is 7. The topological polar surface area (TPSA) is 93.5 Å². The van der Waals surface area contributed by atoms with Gasteiger partial charge in [-0.3, -0.25) is 10.1 Å². The van der Waals surface area contributed by atoms with Crippen LogP contribution in [0.15, 0.2) is 18.2 Å². The van der Waals surface area contributed by atoms with Crippen LogP contribution in [-0.4, -0.2) is 29.2 Å². The first kappa shape index (κ1) is 20.9. The Morgan fingerprint density at radius 2 is 1.96 bits per heavy atom. The number of aryl methyl sites for hydroxylation is 1. The first-order valence-electron chi connectivity index (χ1n) is 8.47. The number of nitrogens with zero attached hydrogens (tertiary/aromatic N) is 1. The Labute approximate surface area is 149 Å². The summed E-state index contributed by atoms with van der Waals surface area (Å²) in [4.78, 5) is 22.4. The molecular formula is C18H29N3O4. The van der Waals surface area contributed by atoms with Crippen LogP contribution in [0.5, 0.6) is 0 Å². The zero-order valence-corrected chi connectivity index (χ0v) is 15.9. The van der Waals surface area contributed by atoms with Crippen molar-refractivity contribution in [1.82, 2.24) is 10.6 Å². The van der Waals surface area contributed by atoms with Crippen molar-refractivity contribution in [3.63, 3.8) is 0 Å². The summed E-state index contributed by atoms with van der Waals surface area (Å²) < 4.78 is 5.22. The highest BCUT2D eigenvalue weighted by molar-refractivity contribution is 5.68. The number of carbonyl (C=O) groups excluding carboxylic acids is 1. The summed E-state index contributed by atoms with van der Waals surface area (Å²) in [5, 5.41) is 17.1. The zero-order chi connectivity index (χ0) is 19.2. The summed E-state index contributed by atoms with van der Waals surface area (Å²) in [5.41, 5.74) is 1.13. The van der Waals surface area contributed by atoms with Gasteiger partial charge in [0, 0.05) is 23.7 Å². The number of benzene rings is 1. The van der Waals surface area contributed by atoms with Crippen molar-refractivity contribution in [3.8, 4) is 0 Å². The van der Waals surface area contributed by atoms with E-state index in [1.165, 1.54) is 0 Å². The molecule has 1 aromatic rings. The highest BCUT2D eigenvalue weighted by Crippen LogP contribution is 2.23. The summed E-state index contributed by atoms with van der Waals surface area (Å²) in [7, 11) is 0. The molecule has 2 unspecified atom stereocenters. The monoisotopic (exact) mass is 351 g/mol. The van der Waals surface area contributed by atoms with Crippen molar-refractivity contribution in [2.75, 3.05) is 6.54 Å². The smallest absolute Gasteiger partial charge is 0.407 e. The summed E-state index contributed by atoms with van der Waals surface area (Å²) in [5.74, 6) is 0. The zero-order valence-electron chi connectivity index (χ0n) is 15.9. The normalized spacial score (nSPS) is 13.8. The Hall–Kier alpha value is -2.15. The van der Waals surface area contributed by atoms with Gasteiger partial charge in [-0.1, -0.05) is 12.1 Å². The van der Waals surface area contributed by atoms with Crippen LogP contribution in [0, 0.1) is 17.0 Å². The number of nitrogens with one attached hydrogen (secondary N) is 2. The number of ether oxygens (including phenoxy) is 1. The van der Waals surface area contributed by atoms with Gasteiger partial charge < -0.3 is 15.4 Å². The predicted molar refractivity (Wildman–Crippen MR) is 97.7 cm³/mol. The van der Waals surface area contributed by atoms with E-state index < -0.39 is 11.7 Å². The second kappa shape index (κ2) is 8.80. The average Bonchev–Trinajstić information content (AvgIpc) is 2.44. The molecule has 7 heteroatoms. The summed E-state index contributed by atoms with van der Waals surface area (Å²) in [6, 6.07) is 5.20. The quantitative estimate of drug-likeness (QED) is 0.575. The summed E-state index contributed by atoms with van der Waals surface area (Å²) >= 11 is 0. The van der Waals surface area contributed by atoms with E-state index in [-0.39, 0.29) is 22.7 Å². The maximum absolute atomic E-state index is 11.7. The van der Waals surface area contributed by atoms with Crippen LogP contribution < -0.4 is 10.6 Å². The molecule has 0 radical (unpaired) electrons. The minimum Gasteiger partial charge on any atom is -0.444 e. The van der Waals surface area contributed by atoms with Gasteiger partial charge in [-0.05, 0) is 60.1 Å². The van der Waals surface area contributed by atoms with Gasteiger partial charge in [-0.25, -0.2) is 4.79 Å². The maximum atomic E-state index is 11.7. The van der Waals surface area contributed by atoms with Gasteiger partial charge >= 0.3 is 6.09 Å². The van der Waals surface area contributed by atoms with E-state index in [0.29, 0.717) is 12.1 Å². The van der Waals surface area contributed by atoms with Gasteiger partial charge in [0.1, 0.15) is 5.60 Å². The Kier molecular flexibility index (Phi) is 7.36. The fraction of sp³-hybridized carbons (Fsp3) is 0.611. The molecule has 0 aromatic heterocycles. The predicted octanol–water partition coefficient (Wildman–Crippen LogP) is 3.86. The minimum atomic E-state index is -0.517. The average molecular weight is 351 g/mol. The van der Waals surface area contributed by atoms with Crippen LogP contribution in [-0.2, 0) is 4.74 Å². The molecule has 25 heavy (non-hydrogen) atoms. The Balaban J connectivity index is 2.47. The van der Waals surface area contributed by atoms with Gasteiger partial charge in [0.2, 0.25) is 0 Å². The number of carbonyl (C=O) groups is 1. The lowest BCUT2D eigenvalue weighted by Gasteiger charge is -2.22. The number of hydrogen-bond donors (Lipinski definition) is 2. The molecule has 1 aromatic carbocycles. The number of hydrogen-bond acceptors (Lipinski definition) is 5. The third-order valence-corrected chi connectivity index (χ3v) is 3.72. The van der Waals surface area contributed by atoms with Crippen LogP contribution in [0.25, 0.3) is 0 Å². The van der Waals surface area contributed by atoms with E-state index in [1.807, 2.05) is 40.7 Å². The molecule has 0 aliphatic carbocycles. The number of amides is 1. The second-order valence-electron chi connectivity index (χ2n) is 7.31. The minimum absolute atomic E-state index is 0.0203. The van der Waals surface area contributed by atoms with Crippen LogP contribution in [0.3, 0.4) is 0 Å². The van der Waals surface area contributed by atoms with E-state index in [4.69, 9.17) is 4.74 Å². The van der Waals surface area contributed by atoms with Gasteiger partial charge in [-0.15, -0.1) is 0 Å². The van der Waals surface area contributed by atoms with Gasteiger partial charge in [0.05, 0.1) is 4.92 Å². The van der Waals surface area contributed by atoms with E-state index >= 15 is 0 Å². The number of alkyl carbamates (subject to hydrolysis) is 1. The summed E-state index contributed by atoms with van der Waals surface area (Å²) in [6.45, 7) is 11.7. The van der Waals surface area contributed by atoms with Gasteiger partial charge in [-0.2, -0.15) is 0 Å². The van der Waals surface area contributed by atoms with Crippen molar-refractivity contribution in [2.24, 2.45) is 0 Å². The maximum Gasteiger partial charge on any atom is 0.407 e. The second-order valence-corrected chi connectivity index (χ2v) is 7.31. The van der Waals surface area contributed by atoms with E-state index in [1.54, 1.807) is 19.1 Å². The van der Waals surface area contributed by atoms with E-state index in [9.17, 15) is 14.9 Å². The van der Waals surface area contributed by atoms with Crippen LogP contribution in [0.1, 0.15) is 58.2 Å². The number of nitro benzene ring substituents is 1. The van der Waals surface area contributed by atoms with Gasteiger partial charge in [0.25, 0.3) is 5.69 Å². The highest BCUT2D eigenvalue weighted by atomic mass is 16.6. The lowest BCUT2D eigenvalue weighted by Crippen LogP contribution is -2.39. The molecule has 1 rings (SSSR count). The fourth-order valence-corrected chi connectivity index (χ4v) is 2.31. The van der Waals surface area contributed by atoms with Crippen molar-refractivity contribution < 1.29 is 14.5 Å². The SMILES string of the molecule is Cc1ccc(C(C)NCCC(C)NC(=O)OC(C)(C)C)cc1[N+](=O)[O-]. The van der Waals surface area contributed by atoms with Crippen molar-refractivity contribution >= 4 is 11.8 Å². The fourth-order valence-electron chi connectivity index (χ4n) is 2.31. The molecule has 1 amide bonds. The standard InChI is InChI=1S/C18H29N3O4/c1-12-7-8-15(11-16(12)21(23)24)14(3)19-10-9-13(2)20-17(22)25-18(4,5)6/h7-8,11,13-14,19H,9-10H2,1-6H3,(H,20,22). The molecule has 0 aliphatic rings. The molecule has 7 nitrogen and oxygen atoms in total. The van der Waals surface area contributed by atoms with Crippen molar-refractivity contribution in [1.29, 1.82) is 0 Å². The highest BCUT2D eigenvalue weighted by Gasteiger charge is 2.18.